The van der Waals surface area contributed by atoms with Gasteiger partial charge in [-0.15, -0.1) is 0 Å². The molecule has 0 bridgehead atoms. The molecule has 0 spiro atoms. The number of anilines is 1. The van der Waals surface area contributed by atoms with E-state index in [1.165, 1.54) is 35.2 Å². The Morgan fingerprint density at radius 3 is 2.13 bits per heavy atom. The number of nitrogens with one attached hydrogen (secondary N) is 1. The molecule has 1 N–H and O–H groups in total. The lowest BCUT2D eigenvalue weighted by Crippen LogP contribution is -2.53. The summed E-state index contributed by atoms with van der Waals surface area (Å²) >= 11 is 0. The molecule has 0 aliphatic carbocycles. The van der Waals surface area contributed by atoms with E-state index >= 15 is 0 Å². The third-order valence-electron chi connectivity index (χ3n) is 5.95. The second-order valence-corrected chi connectivity index (χ2v) is 11.1. The zero-order chi connectivity index (χ0) is 28.6. The van der Waals surface area contributed by atoms with Crippen LogP contribution >= 0.6 is 0 Å². The van der Waals surface area contributed by atoms with E-state index in [-0.39, 0.29) is 34.8 Å². The van der Waals surface area contributed by atoms with E-state index in [1.54, 1.807) is 25.1 Å². The molecule has 3 aromatic rings. The first-order valence-corrected chi connectivity index (χ1v) is 13.9. The molecule has 0 saturated heterocycles. The van der Waals surface area contributed by atoms with Crippen LogP contribution < -0.4 is 9.62 Å². The monoisotopic (exact) mass is 552 g/mol. The number of rotatable bonds is 12. The summed E-state index contributed by atoms with van der Waals surface area (Å²) in [6.07, 6.45) is 0.291. The third kappa shape index (κ3) is 7.41. The second-order valence-electron chi connectivity index (χ2n) is 9.20. The summed E-state index contributed by atoms with van der Waals surface area (Å²) in [5.74, 6) is -0.986. The van der Waals surface area contributed by atoms with Crippen LogP contribution in [0.4, 0.5) is 11.4 Å². The minimum Gasteiger partial charge on any atom is -0.352 e. The smallest absolute Gasteiger partial charge is 0.271 e. The molecule has 39 heavy (non-hydrogen) atoms. The van der Waals surface area contributed by atoms with Gasteiger partial charge in [-0.1, -0.05) is 61.5 Å². The SMILES string of the molecule is CCC(C(=O)NC(C)C)N(Cc1ccccc1)C(=O)CN(c1cccc([N+](=O)[O-])c1)S(=O)(=O)c1ccccc1. The highest BCUT2D eigenvalue weighted by Gasteiger charge is 2.34. The average molecular weight is 553 g/mol. The predicted octanol–water partition coefficient (Wildman–Crippen LogP) is 4.12. The van der Waals surface area contributed by atoms with E-state index in [0.717, 1.165) is 15.9 Å². The van der Waals surface area contributed by atoms with Crippen molar-refractivity contribution < 1.29 is 22.9 Å². The first-order chi connectivity index (χ1) is 18.5. The third-order valence-corrected chi connectivity index (χ3v) is 7.74. The van der Waals surface area contributed by atoms with E-state index < -0.39 is 33.4 Å². The number of benzene rings is 3. The van der Waals surface area contributed by atoms with Gasteiger partial charge in [-0.25, -0.2) is 8.42 Å². The van der Waals surface area contributed by atoms with Gasteiger partial charge in [0.2, 0.25) is 11.8 Å². The Morgan fingerprint density at radius 1 is 0.949 bits per heavy atom. The number of carbonyl (C=O) groups excluding carboxylic acids is 2. The van der Waals surface area contributed by atoms with Gasteiger partial charge in [0, 0.05) is 24.7 Å². The molecule has 10 nitrogen and oxygen atoms in total. The van der Waals surface area contributed by atoms with Crippen molar-refractivity contribution >= 4 is 33.2 Å². The minimum atomic E-state index is -4.31. The number of hydrogen-bond acceptors (Lipinski definition) is 6. The molecule has 11 heteroatoms. The number of nitro groups is 1. The van der Waals surface area contributed by atoms with Crippen LogP contribution in [0.5, 0.6) is 0 Å². The predicted molar refractivity (Wildman–Crippen MR) is 148 cm³/mol. The van der Waals surface area contributed by atoms with Gasteiger partial charge < -0.3 is 10.2 Å². The quantitative estimate of drug-likeness (QED) is 0.266. The maximum Gasteiger partial charge on any atom is 0.271 e. The molecule has 0 radical (unpaired) electrons. The van der Waals surface area contributed by atoms with E-state index in [0.29, 0.717) is 6.42 Å². The summed E-state index contributed by atoms with van der Waals surface area (Å²) in [5.41, 5.74) is 0.396. The standard InChI is InChI=1S/C28H32N4O6S/c1-4-26(28(34)29-21(2)3)30(19-22-12-7-5-8-13-22)27(33)20-31(23-14-11-15-24(18-23)32(35)36)39(37,38)25-16-9-6-10-17-25/h5-18,21,26H,4,19-20H2,1-3H3,(H,29,34). The van der Waals surface area contributed by atoms with Gasteiger partial charge in [0.15, 0.2) is 0 Å². The second kappa shape index (κ2) is 13.0. The Kier molecular flexibility index (Phi) is 9.78. The molecular formula is C28H32N4O6S. The summed E-state index contributed by atoms with van der Waals surface area (Å²) < 4.78 is 28.4. The maximum absolute atomic E-state index is 13.9. The number of sulfonamides is 1. The number of non-ortho nitro benzene ring substituents is 1. The Labute approximate surface area is 228 Å². The van der Waals surface area contributed by atoms with Crippen molar-refractivity contribution in [3.05, 3.63) is 101 Å². The summed E-state index contributed by atoms with van der Waals surface area (Å²) in [6.45, 7) is 4.79. The lowest BCUT2D eigenvalue weighted by Gasteiger charge is -2.33. The molecule has 3 aromatic carbocycles. The van der Waals surface area contributed by atoms with Crippen molar-refractivity contribution in [1.29, 1.82) is 0 Å². The molecule has 0 fully saturated rings. The molecule has 0 aromatic heterocycles. The van der Waals surface area contributed by atoms with Crippen LogP contribution in [0.25, 0.3) is 0 Å². The Hall–Kier alpha value is -4.25. The van der Waals surface area contributed by atoms with Crippen molar-refractivity contribution in [1.82, 2.24) is 10.2 Å². The van der Waals surface area contributed by atoms with Gasteiger partial charge in [-0.05, 0) is 44.0 Å². The largest absolute Gasteiger partial charge is 0.352 e. The summed E-state index contributed by atoms with van der Waals surface area (Å²) in [6, 6.07) is 20.7. The van der Waals surface area contributed by atoms with Crippen LogP contribution in [-0.4, -0.2) is 48.7 Å². The van der Waals surface area contributed by atoms with Crippen LogP contribution in [0.3, 0.4) is 0 Å². The molecule has 1 unspecified atom stereocenters. The van der Waals surface area contributed by atoms with Gasteiger partial charge in [-0.3, -0.25) is 24.0 Å². The fourth-order valence-corrected chi connectivity index (χ4v) is 5.52. The van der Waals surface area contributed by atoms with Crippen LogP contribution in [0.1, 0.15) is 32.8 Å². The zero-order valence-electron chi connectivity index (χ0n) is 22.1. The number of nitrogens with zero attached hydrogens (tertiary/aromatic N) is 3. The molecule has 206 valence electrons. The summed E-state index contributed by atoms with van der Waals surface area (Å²) in [7, 11) is -4.31. The van der Waals surface area contributed by atoms with Crippen molar-refractivity contribution in [3.63, 3.8) is 0 Å². The van der Waals surface area contributed by atoms with Crippen LogP contribution in [-0.2, 0) is 26.2 Å². The van der Waals surface area contributed by atoms with Gasteiger partial charge in [0.05, 0.1) is 15.5 Å². The van der Waals surface area contributed by atoms with Crippen molar-refractivity contribution in [2.24, 2.45) is 0 Å². The zero-order valence-corrected chi connectivity index (χ0v) is 22.9. The van der Waals surface area contributed by atoms with Gasteiger partial charge >= 0.3 is 0 Å². The molecular weight excluding hydrogens is 520 g/mol. The fraction of sp³-hybridized carbons (Fsp3) is 0.286. The lowest BCUT2D eigenvalue weighted by atomic mass is 10.1. The van der Waals surface area contributed by atoms with Crippen LogP contribution in [0, 0.1) is 10.1 Å². The van der Waals surface area contributed by atoms with Crippen molar-refractivity contribution in [3.8, 4) is 0 Å². The van der Waals surface area contributed by atoms with Crippen LogP contribution in [0.2, 0.25) is 0 Å². The van der Waals surface area contributed by atoms with Crippen molar-refractivity contribution in [2.75, 3.05) is 10.8 Å². The van der Waals surface area contributed by atoms with Gasteiger partial charge in [0.25, 0.3) is 15.7 Å². The first kappa shape index (κ1) is 29.3. The Bertz CT molecular complexity index is 1400. The molecule has 0 heterocycles. The topological polar surface area (TPSA) is 130 Å². The van der Waals surface area contributed by atoms with Gasteiger partial charge in [-0.2, -0.15) is 0 Å². The molecule has 0 aliphatic heterocycles. The Morgan fingerprint density at radius 2 is 1.56 bits per heavy atom. The fourth-order valence-electron chi connectivity index (χ4n) is 4.09. The van der Waals surface area contributed by atoms with E-state index in [9.17, 15) is 28.1 Å². The van der Waals surface area contributed by atoms with E-state index in [1.807, 2.05) is 44.2 Å². The first-order valence-electron chi connectivity index (χ1n) is 12.5. The molecule has 3 rings (SSSR count). The highest BCUT2D eigenvalue weighted by molar-refractivity contribution is 7.92. The highest BCUT2D eigenvalue weighted by Crippen LogP contribution is 2.27. The highest BCUT2D eigenvalue weighted by atomic mass is 32.2. The molecule has 2 amide bonds. The molecule has 0 aliphatic rings. The summed E-state index contributed by atoms with van der Waals surface area (Å²) in [4.78, 5) is 39.1. The summed E-state index contributed by atoms with van der Waals surface area (Å²) in [5, 5.41) is 14.3. The molecule has 0 saturated carbocycles. The Balaban J connectivity index is 2.08. The average Bonchev–Trinajstić information content (AvgIpc) is 2.92. The lowest BCUT2D eigenvalue weighted by molar-refractivity contribution is -0.384. The number of nitro benzene ring substituents is 1. The maximum atomic E-state index is 13.9. The van der Waals surface area contributed by atoms with Crippen molar-refractivity contribution in [2.45, 2.75) is 50.7 Å². The van der Waals surface area contributed by atoms with Gasteiger partial charge in [0.1, 0.15) is 12.6 Å². The number of hydrogen-bond donors (Lipinski definition) is 1. The van der Waals surface area contributed by atoms with Crippen LogP contribution in [0.15, 0.2) is 89.8 Å². The number of carbonyl (C=O) groups is 2. The van der Waals surface area contributed by atoms with E-state index in [2.05, 4.69) is 5.32 Å². The van der Waals surface area contributed by atoms with E-state index in [4.69, 9.17) is 0 Å². The minimum absolute atomic E-state index is 0.0410. The normalized spacial score (nSPS) is 12.0. The number of amides is 2. The molecule has 1 atom stereocenters.